The number of nitrogens with zero attached hydrogens (tertiary/aromatic N) is 1. The van der Waals surface area contributed by atoms with Gasteiger partial charge < -0.3 is 10.4 Å². The summed E-state index contributed by atoms with van der Waals surface area (Å²) >= 11 is 1.39. The van der Waals surface area contributed by atoms with Crippen molar-refractivity contribution in [1.82, 2.24) is 4.98 Å². The number of aromatic nitrogens is 1. The lowest BCUT2D eigenvalue weighted by Gasteiger charge is -1.98. The number of hydrogen-bond acceptors (Lipinski definition) is 4. The van der Waals surface area contributed by atoms with Gasteiger partial charge in [0, 0.05) is 0 Å². The molecule has 0 saturated heterocycles. The average molecular weight is 262 g/mol. The fourth-order valence-electron chi connectivity index (χ4n) is 1.88. The van der Waals surface area contributed by atoms with Gasteiger partial charge in [0.2, 0.25) is 5.91 Å². The third-order valence-electron chi connectivity index (χ3n) is 2.97. The summed E-state index contributed by atoms with van der Waals surface area (Å²) in [7, 11) is 0. The van der Waals surface area contributed by atoms with E-state index in [4.69, 9.17) is 5.11 Å². The smallest absolute Gasteiger partial charge is 0.307 e. The molecule has 5 nitrogen and oxygen atoms in total. The predicted octanol–water partition coefficient (Wildman–Crippen LogP) is 1.96. The van der Waals surface area contributed by atoms with E-state index < -0.39 is 17.8 Å². The molecule has 1 aromatic heterocycles. The molecule has 0 bridgehead atoms. The van der Waals surface area contributed by atoms with Crippen LogP contribution in [0.2, 0.25) is 0 Å². The molecule has 18 heavy (non-hydrogen) atoms. The van der Waals surface area contributed by atoms with E-state index in [0.29, 0.717) is 11.6 Å². The largest absolute Gasteiger partial charge is 0.481 e. The van der Waals surface area contributed by atoms with Gasteiger partial charge in [-0.3, -0.25) is 9.59 Å². The van der Waals surface area contributed by atoms with Gasteiger partial charge in [0.05, 0.1) is 22.1 Å². The minimum Gasteiger partial charge on any atom is -0.481 e. The molecule has 2 aromatic rings. The summed E-state index contributed by atoms with van der Waals surface area (Å²) in [6.45, 7) is 0. The van der Waals surface area contributed by atoms with Crippen molar-refractivity contribution in [3.63, 3.8) is 0 Å². The van der Waals surface area contributed by atoms with Crippen LogP contribution in [0.1, 0.15) is 6.42 Å². The standard InChI is InChI=1S/C12H10N2O3S/c15-10(6-5-7(6)11(16)17)14-12-13-8-3-1-2-4-9(8)18-12/h1-4,6-7H,5H2,(H,16,17)(H,13,14,15)/t6-,7+/m1/s1. The van der Waals surface area contributed by atoms with Crippen LogP contribution in [0.3, 0.4) is 0 Å². The van der Waals surface area contributed by atoms with Gasteiger partial charge in [0.15, 0.2) is 5.13 Å². The van der Waals surface area contributed by atoms with Crippen molar-refractivity contribution >= 4 is 38.6 Å². The number of fused-ring (bicyclic) bond motifs is 1. The Bertz CT molecular complexity index is 604. The van der Waals surface area contributed by atoms with Gasteiger partial charge >= 0.3 is 5.97 Å². The van der Waals surface area contributed by atoms with Crippen molar-refractivity contribution < 1.29 is 14.7 Å². The highest BCUT2D eigenvalue weighted by molar-refractivity contribution is 7.22. The second-order valence-electron chi connectivity index (χ2n) is 4.26. The molecule has 2 N–H and O–H groups in total. The Morgan fingerprint density at radius 3 is 2.78 bits per heavy atom. The normalized spacial score (nSPS) is 21.8. The topological polar surface area (TPSA) is 79.3 Å². The summed E-state index contributed by atoms with van der Waals surface area (Å²) in [4.78, 5) is 26.7. The van der Waals surface area contributed by atoms with E-state index in [-0.39, 0.29) is 5.91 Å². The van der Waals surface area contributed by atoms with Crippen LogP contribution in [-0.2, 0) is 9.59 Å². The summed E-state index contributed by atoms with van der Waals surface area (Å²) in [5, 5.41) is 12.0. The van der Waals surface area contributed by atoms with E-state index in [2.05, 4.69) is 10.3 Å². The summed E-state index contributed by atoms with van der Waals surface area (Å²) in [5.74, 6) is -2.09. The fourth-order valence-corrected chi connectivity index (χ4v) is 2.75. The Hall–Kier alpha value is -1.95. The second-order valence-corrected chi connectivity index (χ2v) is 5.29. The monoisotopic (exact) mass is 262 g/mol. The van der Waals surface area contributed by atoms with E-state index in [0.717, 1.165) is 10.2 Å². The quantitative estimate of drug-likeness (QED) is 0.886. The molecule has 0 unspecified atom stereocenters. The first-order valence-electron chi connectivity index (χ1n) is 5.54. The van der Waals surface area contributed by atoms with Crippen molar-refractivity contribution in [2.24, 2.45) is 11.8 Å². The maximum atomic E-state index is 11.8. The van der Waals surface area contributed by atoms with Crippen molar-refractivity contribution in [2.75, 3.05) is 5.32 Å². The van der Waals surface area contributed by atoms with Crippen LogP contribution in [-0.4, -0.2) is 22.0 Å². The van der Waals surface area contributed by atoms with Crippen LogP contribution in [0.4, 0.5) is 5.13 Å². The molecule has 1 saturated carbocycles. The number of aliphatic carboxylic acids is 1. The maximum Gasteiger partial charge on any atom is 0.307 e. The molecule has 3 rings (SSSR count). The van der Waals surface area contributed by atoms with Gasteiger partial charge in [0.25, 0.3) is 0 Å². The number of para-hydroxylation sites is 1. The van der Waals surface area contributed by atoms with Gasteiger partial charge in [-0.05, 0) is 18.6 Å². The first-order valence-corrected chi connectivity index (χ1v) is 6.36. The van der Waals surface area contributed by atoms with Crippen LogP contribution in [0.25, 0.3) is 10.2 Å². The zero-order chi connectivity index (χ0) is 12.7. The number of benzene rings is 1. The molecule has 1 aliphatic carbocycles. The number of carboxylic acids is 1. The molecule has 6 heteroatoms. The zero-order valence-electron chi connectivity index (χ0n) is 9.29. The van der Waals surface area contributed by atoms with Gasteiger partial charge in [-0.2, -0.15) is 0 Å². The van der Waals surface area contributed by atoms with Crippen LogP contribution >= 0.6 is 11.3 Å². The molecule has 0 radical (unpaired) electrons. The maximum absolute atomic E-state index is 11.8. The average Bonchev–Trinajstić information content (AvgIpc) is 3.04. The van der Waals surface area contributed by atoms with E-state index in [1.807, 2.05) is 24.3 Å². The second kappa shape index (κ2) is 4.06. The minimum absolute atomic E-state index is 0.249. The lowest BCUT2D eigenvalue weighted by molar-refractivity contribution is -0.139. The van der Waals surface area contributed by atoms with Crippen LogP contribution in [0.15, 0.2) is 24.3 Å². The lowest BCUT2D eigenvalue weighted by atomic mass is 10.3. The Kier molecular flexibility index (Phi) is 2.52. The molecule has 0 spiro atoms. The summed E-state index contributed by atoms with van der Waals surface area (Å²) in [6, 6.07) is 7.60. The number of carboxylic acid groups (broad SMARTS) is 1. The molecule has 1 amide bonds. The first-order chi connectivity index (χ1) is 8.65. The molecule has 1 aromatic carbocycles. The number of carbonyl (C=O) groups is 2. The van der Waals surface area contributed by atoms with Gasteiger partial charge in [-0.1, -0.05) is 23.5 Å². The highest BCUT2D eigenvalue weighted by Crippen LogP contribution is 2.39. The van der Waals surface area contributed by atoms with Crippen molar-refractivity contribution in [3.8, 4) is 0 Å². The van der Waals surface area contributed by atoms with Crippen LogP contribution in [0.5, 0.6) is 0 Å². The first kappa shape index (κ1) is 11.2. The lowest BCUT2D eigenvalue weighted by Crippen LogP contribution is -2.16. The molecular formula is C12H10N2O3S. The van der Waals surface area contributed by atoms with Gasteiger partial charge in [-0.15, -0.1) is 0 Å². The predicted molar refractivity (Wildman–Crippen MR) is 67.5 cm³/mol. The number of carbonyl (C=O) groups excluding carboxylic acids is 1. The molecule has 1 aliphatic rings. The van der Waals surface area contributed by atoms with Crippen molar-refractivity contribution in [3.05, 3.63) is 24.3 Å². The Morgan fingerprint density at radius 2 is 2.11 bits per heavy atom. The number of thiazole rings is 1. The summed E-state index contributed by atoms with van der Waals surface area (Å²) in [5.41, 5.74) is 0.836. The van der Waals surface area contributed by atoms with Crippen LogP contribution < -0.4 is 5.32 Å². The van der Waals surface area contributed by atoms with Crippen molar-refractivity contribution in [2.45, 2.75) is 6.42 Å². The molecule has 0 aliphatic heterocycles. The Morgan fingerprint density at radius 1 is 1.33 bits per heavy atom. The Balaban J connectivity index is 1.73. The number of rotatable bonds is 3. The highest BCUT2D eigenvalue weighted by Gasteiger charge is 2.48. The number of amides is 1. The number of anilines is 1. The van der Waals surface area contributed by atoms with E-state index in [1.54, 1.807) is 0 Å². The SMILES string of the molecule is O=C(O)[C@H]1C[C@H]1C(=O)Nc1nc2ccccc2s1. The minimum atomic E-state index is -0.903. The Labute approximate surface area is 106 Å². The van der Waals surface area contributed by atoms with E-state index >= 15 is 0 Å². The van der Waals surface area contributed by atoms with E-state index in [1.165, 1.54) is 11.3 Å². The molecule has 1 heterocycles. The fraction of sp³-hybridized carbons (Fsp3) is 0.250. The third-order valence-corrected chi connectivity index (χ3v) is 3.92. The molecule has 1 fully saturated rings. The number of nitrogens with one attached hydrogen (secondary N) is 1. The molecular weight excluding hydrogens is 252 g/mol. The van der Waals surface area contributed by atoms with E-state index in [9.17, 15) is 9.59 Å². The molecule has 2 atom stereocenters. The highest BCUT2D eigenvalue weighted by atomic mass is 32.1. The summed E-state index contributed by atoms with van der Waals surface area (Å²) < 4.78 is 0.999. The zero-order valence-corrected chi connectivity index (χ0v) is 10.1. The number of hydrogen-bond donors (Lipinski definition) is 2. The third kappa shape index (κ3) is 1.95. The summed E-state index contributed by atoms with van der Waals surface area (Å²) in [6.07, 6.45) is 0.423. The van der Waals surface area contributed by atoms with Crippen molar-refractivity contribution in [1.29, 1.82) is 0 Å². The van der Waals surface area contributed by atoms with Gasteiger partial charge in [0.1, 0.15) is 0 Å². The van der Waals surface area contributed by atoms with Crippen LogP contribution in [0, 0.1) is 11.8 Å². The van der Waals surface area contributed by atoms with Gasteiger partial charge in [-0.25, -0.2) is 4.98 Å². The molecule has 92 valence electrons.